The molecule has 1 amide bonds. The molecule has 1 aliphatic rings. The number of nitrogen functional groups attached to an aromatic ring is 1. The Balaban J connectivity index is 1.55. The molecule has 1 aromatic carbocycles. The van der Waals surface area contributed by atoms with Crippen molar-refractivity contribution in [2.75, 3.05) is 11.1 Å². The van der Waals surface area contributed by atoms with Crippen molar-refractivity contribution in [2.24, 2.45) is 0 Å². The molecule has 2 heterocycles. The molecule has 0 radical (unpaired) electrons. The van der Waals surface area contributed by atoms with Gasteiger partial charge in [0.2, 0.25) is 0 Å². The number of nitrogens with zero attached hydrogens (tertiary/aromatic N) is 3. The highest BCUT2D eigenvalue weighted by Gasteiger charge is 2.35. The fourth-order valence-corrected chi connectivity index (χ4v) is 4.12. The molecule has 1 aliphatic carbocycles. The summed E-state index contributed by atoms with van der Waals surface area (Å²) >= 11 is 0. The minimum absolute atomic E-state index is 0.298. The number of benzene rings is 1. The zero-order valence-corrected chi connectivity index (χ0v) is 16.6. The van der Waals surface area contributed by atoms with Crippen molar-refractivity contribution in [3.8, 4) is 6.07 Å². The van der Waals surface area contributed by atoms with Crippen molar-refractivity contribution in [1.29, 1.82) is 5.26 Å². The maximum absolute atomic E-state index is 13.0. The van der Waals surface area contributed by atoms with E-state index in [4.69, 9.17) is 5.73 Å². The Bertz CT molecular complexity index is 1080. The van der Waals surface area contributed by atoms with Gasteiger partial charge in [-0.05, 0) is 54.3 Å². The smallest absolute Gasteiger partial charge is 0.259 e. The summed E-state index contributed by atoms with van der Waals surface area (Å²) in [5.41, 5.74) is 9.78. The quantitative estimate of drug-likeness (QED) is 0.670. The van der Waals surface area contributed by atoms with Crippen LogP contribution in [0.4, 0.5) is 11.4 Å². The Morgan fingerprint density at radius 2 is 1.77 bits per heavy atom. The summed E-state index contributed by atoms with van der Waals surface area (Å²) in [6.45, 7) is 0. The summed E-state index contributed by atoms with van der Waals surface area (Å²) in [5.74, 6) is -0.298. The molecule has 30 heavy (non-hydrogen) atoms. The molecule has 150 valence electrons. The van der Waals surface area contributed by atoms with Gasteiger partial charge >= 0.3 is 0 Å². The van der Waals surface area contributed by atoms with E-state index in [9.17, 15) is 10.1 Å². The van der Waals surface area contributed by atoms with E-state index in [-0.39, 0.29) is 5.91 Å². The van der Waals surface area contributed by atoms with Crippen LogP contribution in [-0.2, 0) is 11.8 Å². The summed E-state index contributed by atoms with van der Waals surface area (Å²) in [4.78, 5) is 21.4. The Hall–Kier alpha value is -3.72. The first kappa shape index (κ1) is 19.6. The van der Waals surface area contributed by atoms with Crippen LogP contribution in [0.1, 0.15) is 52.9 Å². The second-order valence-corrected chi connectivity index (χ2v) is 7.69. The fraction of sp³-hybridized carbons (Fsp3) is 0.250. The zero-order chi connectivity index (χ0) is 21.0. The maximum atomic E-state index is 13.0. The average Bonchev–Trinajstić information content (AvgIpc) is 3.25. The number of carbonyl (C=O) groups excluding carboxylic acids is 1. The lowest BCUT2D eigenvalue weighted by molar-refractivity contribution is 0.102. The molecule has 0 atom stereocenters. The molecule has 1 fully saturated rings. The van der Waals surface area contributed by atoms with Crippen molar-refractivity contribution < 1.29 is 4.79 Å². The van der Waals surface area contributed by atoms with Crippen molar-refractivity contribution in [3.05, 3.63) is 83.4 Å². The van der Waals surface area contributed by atoms with E-state index in [0.717, 1.165) is 36.8 Å². The van der Waals surface area contributed by atoms with Crippen molar-refractivity contribution in [3.63, 3.8) is 0 Å². The number of nitrogens with two attached hydrogens (primary N) is 1. The summed E-state index contributed by atoms with van der Waals surface area (Å²) in [6.07, 6.45) is 9.45. The number of carbonyl (C=O) groups is 1. The van der Waals surface area contributed by atoms with Crippen LogP contribution in [0.25, 0.3) is 0 Å². The molecule has 3 N–H and O–H groups in total. The number of hydrogen-bond donors (Lipinski definition) is 2. The predicted molar refractivity (Wildman–Crippen MR) is 116 cm³/mol. The topological polar surface area (TPSA) is 105 Å². The maximum Gasteiger partial charge on any atom is 0.259 e. The third-order valence-electron chi connectivity index (χ3n) is 5.78. The molecule has 2 aromatic heterocycles. The standard InChI is InChI=1S/C24H23N5O/c25-16-24(10-1-2-11-24)18-3-5-19(6-4-18)29-23(30)22-20(26)9-14-28-21(22)15-17-7-12-27-13-8-17/h3-9,12-14H,1-2,10-11,15H2,(H2,26,28)(H,29,30). The largest absolute Gasteiger partial charge is 0.398 e. The molecule has 6 nitrogen and oxygen atoms in total. The molecule has 4 rings (SSSR count). The first-order chi connectivity index (χ1) is 14.6. The lowest BCUT2D eigenvalue weighted by Crippen LogP contribution is -2.20. The number of nitrogens with one attached hydrogen (secondary N) is 1. The number of aromatic nitrogens is 2. The van der Waals surface area contributed by atoms with Gasteiger partial charge in [0.25, 0.3) is 5.91 Å². The Morgan fingerprint density at radius 1 is 1.07 bits per heavy atom. The second kappa shape index (κ2) is 8.34. The van der Waals surface area contributed by atoms with Gasteiger partial charge in [-0.15, -0.1) is 0 Å². The van der Waals surface area contributed by atoms with Gasteiger partial charge in [0.1, 0.15) is 0 Å². The molecule has 0 spiro atoms. The van der Waals surface area contributed by atoms with Crippen LogP contribution >= 0.6 is 0 Å². The van der Waals surface area contributed by atoms with E-state index < -0.39 is 5.41 Å². The van der Waals surface area contributed by atoms with Crippen molar-refractivity contribution >= 4 is 17.3 Å². The summed E-state index contributed by atoms with van der Waals surface area (Å²) in [6, 6.07) is 15.5. The minimum Gasteiger partial charge on any atom is -0.398 e. The third-order valence-corrected chi connectivity index (χ3v) is 5.78. The Labute approximate surface area is 175 Å². The fourth-order valence-electron chi connectivity index (χ4n) is 4.12. The van der Waals surface area contributed by atoms with Gasteiger partial charge in [-0.25, -0.2) is 0 Å². The van der Waals surface area contributed by atoms with Gasteiger partial charge in [-0.3, -0.25) is 14.8 Å². The zero-order valence-electron chi connectivity index (χ0n) is 16.6. The minimum atomic E-state index is -0.395. The number of amides is 1. The molecule has 0 unspecified atom stereocenters. The van der Waals surface area contributed by atoms with Gasteiger partial charge in [0.15, 0.2) is 0 Å². The van der Waals surface area contributed by atoms with Gasteiger partial charge in [0.05, 0.1) is 22.7 Å². The normalized spacial score (nSPS) is 14.8. The van der Waals surface area contributed by atoms with Crippen LogP contribution in [0, 0.1) is 11.3 Å². The van der Waals surface area contributed by atoms with E-state index in [0.29, 0.717) is 29.1 Å². The lowest BCUT2D eigenvalue weighted by atomic mass is 9.80. The first-order valence-electron chi connectivity index (χ1n) is 10.1. The molecule has 3 aromatic rings. The monoisotopic (exact) mass is 397 g/mol. The van der Waals surface area contributed by atoms with Crippen molar-refractivity contribution in [2.45, 2.75) is 37.5 Å². The molecular formula is C24H23N5O. The number of hydrogen-bond acceptors (Lipinski definition) is 5. The molecule has 0 aliphatic heterocycles. The van der Waals surface area contributed by atoms with Crippen LogP contribution in [-0.4, -0.2) is 15.9 Å². The van der Waals surface area contributed by atoms with E-state index in [1.165, 1.54) is 0 Å². The van der Waals surface area contributed by atoms with Crippen molar-refractivity contribution in [1.82, 2.24) is 9.97 Å². The number of pyridine rings is 2. The third kappa shape index (κ3) is 3.87. The van der Waals surface area contributed by atoms with E-state index in [2.05, 4.69) is 21.4 Å². The van der Waals surface area contributed by atoms with Crippen LogP contribution in [0.2, 0.25) is 0 Å². The van der Waals surface area contributed by atoms with Gasteiger partial charge in [-0.1, -0.05) is 25.0 Å². The lowest BCUT2D eigenvalue weighted by Gasteiger charge is -2.21. The van der Waals surface area contributed by atoms with E-state index >= 15 is 0 Å². The highest BCUT2D eigenvalue weighted by molar-refractivity contribution is 6.08. The second-order valence-electron chi connectivity index (χ2n) is 7.69. The summed E-state index contributed by atoms with van der Waals surface area (Å²) < 4.78 is 0. The molecule has 1 saturated carbocycles. The molecule has 0 bridgehead atoms. The Kier molecular flexibility index (Phi) is 5.44. The highest BCUT2D eigenvalue weighted by Crippen LogP contribution is 2.40. The molecule has 0 saturated heterocycles. The SMILES string of the molecule is N#CC1(c2ccc(NC(=O)c3c(N)ccnc3Cc3ccncc3)cc2)CCCC1. The Morgan fingerprint density at radius 3 is 2.43 bits per heavy atom. The van der Waals surface area contributed by atoms with Gasteiger partial charge < -0.3 is 11.1 Å². The van der Waals surface area contributed by atoms with Crippen LogP contribution in [0.15, 0.2) is 61.1 Å². The predicted octanol–water partition coefficient (Wildman–Crippen LogP) is 4.24. The summed E-state index contributed by atoms with van der Waals surface area (Å²) in [5, 5.41) is 12.6. The van der Waals surface area contributed by atoms with Crippen LogP contribution in [0.5, 0.6) is 0 Å². The average molecular weight is 397 g/mol. The number of anilines is 2. The highest BCUT2D eigenvalue weighted by atomic mass is 16.1. The van der Waals surface area contributed by atoms with E-state index in [1.807, 2.05) is 36.4 Å². The van der Waals surface area contributed by atoms with Gasteiger partial charge in [-0.2, -0.15) is 5.26 Å². The molecular weight excluding hydrogens is 374 g/mol. The number of rotatable bonds is 5. The number of nitriles is 1. The van der Waals surface area contributed by atoms with Crippen LogP contribution < -0.4 is 11.1 Å². The first-order valence-corrected chi connectivity index (χ1v) is 10.1. The summed E-state index contributed by atoms with van der Waals surface area (Å²) in [7, 11) is 0. The van der Waals surface area contributed by atoms with E-state index in [1.54, 1.807) is 24.7 Å². The van der Waals surface area contributed by atoms with Gasteiger partial charge in [0, 0.05) is 36.4 Å². The molecule has 6 heteroatoms. The van der Waals surface area contributed by atoms with Crippen LogP contribution in [0.3, 0.4) is 0 Å².